The second-order valence-corrected chi connectivity index (χ2v) is 5.57. The van der Waals surface area contributed by atoms with Crippen LogP contribution >= 0.6 is 0 Å². The Morgan fingerprint density at radius 2 is 1.80 bits per heavy atom. The van der Waals surface area contributed by atoms with Crippen molar-refractivity contribution in [3.63, 3.8) is 0 Å². The van der Waals surface area contributed by atoms with Crippen molar-refractivity contribution < 1.29 is 9.59 Å². The van der Waals surface area contributed by atoms with E-state index in [2.05, 4.69) is 12.2 Å². The maximum absolute atomic E-state index is 12.3. The summed E-state index contributed by atoms with van der Waals surface area (Å²) in [4.78, 5) is 26.2. The van der Waals surface area contributed by atoms with Crippen LogP contribution in [0.2, 0.25) is 0 Å². The highest BCUT2D eigenvalue weighted by molar-refractivity contribution is 5.97. The topological polar surface area (TPSA) is 49.4 Å². The number of hydrogen-bond acceptors (Lipinski definition) is 2. The van der Waals surface area contributed by atoms with E-state index in [0.717, 1.165) is 25.9 Å². The van der Waals surface area contributed by atoms with Crippen LogP contribution in [0, 0.1) is 5.92 Å². The molecule has 1 atom stereocenters. The lowest BCUT2D eigenvalue weighted by atomic mass is 9.99. The van der Waals surface area contributed by atoms with Crippen molar-refractivity contribution in [2.24, 2.45) is 5.92 Å². The molecule has 4 nitrogen and oxygen atoms in total. The summed E-state index contributed by atoms with van der Waals surface area (Å²) >= 11 is 0. The highest BCUT2D eigenvalue weighted by Gasteiger charge is 2.25. The number of carbonyl (C=O) groups is 2. The molecule has 1 heterocycles. The lowest BCUT2D eigenvalue weighted by Crippen LogP contribution is -2.49. The third kappa shape index (κ3) is 3.59. The van der Waals surface area contributed by atoms with Crippen LogP contribution in [-0.4, -0.2) is 35.8 Å². The van der Waals surface area contributed by atoms with Gasteiger partial charge in [0, 0.05) is 18.7 Å². The molecule has 0 aromatic heterocycles. The fraction of sp³-hybridized carbons (Fsp3) is 0.500. The van der Waals surface area contributed by atoms with E-state index in [0.29, 0.717) is 11.5 Å². The average Bonchev–Trinajstić information content (AvgIpc) is 2.48. The molecule has 0 spiro atoms. The minimum absolute atomic E-state index is 0.0150. The molecule has 0 bridgehead atoms. The number of hydrogen-bond donors (Lipinski definition) is 1. The van der Waals surface area contributed by atoms with E-state index in [-0.39, 0.29) is 11.8 Å². The standard InChI is InChI=1S/C16H22N2O2/c1-12-8-10-18(11-9-12)16(20)13(2)17-15(19)14-6-4-3-5-7-14/h3-7,12-13H,8-11H2,1-2H3,(H,17,19)/t13-/m1/s1. The maximum Gasteiger partial charge on any atom is 0.251 e. The molecule has 1 aromatic rings. The SMILES string of the molecule is CC1CCN(C(=O)[C@@H](C)NC(=O)c2ccccc2)CC1. The molecule has 108 valence electrons. The summed E-state index contributed by atoms with van der Waals surface area (Å²) in [6, 6.07) is 8.50. The Morgan fingerprint density at radius 3 is 2.40 bits per heavy atom. The highest BCUT2D eigenvalue weighted by atomic mass is 16.2. The van der Waals surface area contributed by atoms with Gasteiger partial charge in [-0.2, -0.15) is 0 Å². The van der Waals surface area contributed by atoms with Gasteiger partial charge in [-0.25, -0.2) is 0 Å². The summed E-state index contributed by atoms with van der Waals surface area (Å²) in [5.41, 5.74) is 0.583. The number of likely N-dealkylation sites (tertiary alicyclic amines) is 1. The molecule has 0 aliphatic carbocycles. The lowest BCUT2D eigenvalue weighted by Gasteiger charge is -2.32. The van der Waals surface area contributed by atoms with E-state index < -0.39 is 6.04 Å². The van der Waals surface area contributed by atoms with Gasteiger partial charge in [0.1, 0.15) is 6.04 Å². The van der Waals surface area contributed by atoms with Crippen LogP contribution in [0.15, 0.2) is 30.3 Å². The van der Waals surface area contributed by atoms with Crippen LogP contribution in [-0.2, 0) is 4.79 Å². The number of carbonyl (C=O) groups excluding carboxylic acids is 2. The monoisotopic (exact) mass is 274 g/mol. The molecule has 1 aromatic carbocycles. The molecule has 1 N–H and O–H groups in total. The second kappa shape index (κ2) is 6.55. The van der Waals surface area contributed by atoms with Crippen LogP contribution in [0.3, 0.4) is 0 Å². The zero-order valence-corrected chi connectivity index (χ0v) is 12.1. The Morgan fingerprint density at radius 1 is 1.20 bits per heavy atom. The Labute approximate surface area is 120 Å². The normalized spacial score (nSPS) is 17.6. The molecular formula is C16H22N2O2. The van der Waals surface area contributed by atoms with Crippen LogP contribution in [0.5, 0.6) is 0 Å². The summed E-state index contributed by atoms with van der Waals surface area (Å²) < 4.78 is 0. The van der Waals surface area contributed by atoms with Crippen molar-refractivity contribution in [3.05, 3.63) is 35.9 Å². The van der Waals surface area contributed by atoms with E-state index in [9.17, 15) is 9.59 Å². The van der Waals surface area contributed by atoms with Crippen LogP contribution < -0.4 is 5.32 Å². The molecule has 20 heavy (non-hydrogen) atoms. The number of nitrogens with zero attached hydrogens (tertiary/aromatic N) is 1. The molecule has 2 amide bonds. The van der Waals surface area contributed by atoms with Gasteiger partial charge in [-0.05, 0) is 37.8 Å². The first-order valence-corrected chi connectivity index (χ1v) is 7.22. The minimum Gasteiger partial charge on any atom is -0.341 e. The van der Waals surface area contributed by atoms with E-state index in [1.165, 1.54) is 0 Å². The van der Waals surface area contributed by atoms with Crippen molar-refractivity contribution >= 4 is 11.8 Å². The van der Waals surface area contributed by atoms with Gasteiger partial charge in [0.25, 0.3) is 5.91 Å². The second-order valence-electron chi connectivity index (χ2n) is 5.57. The molecular weight excluding hydrogens is 252 g/mol. The van der Waals surface area contributed by atoms with Crippen molar-refractivity contribution in [1.82, 2.24) is 10.2 Å². The van der Waals surface area contributed by atoms with Crippen LogP contribution in [0.25, 0.3) is 0 Å². The molecule has 1 aliphatic rings. The lowest BCUT2D eigenvalue weighted by molar-refractivity contribution is -0.134. The Hall–Kier alpha value is -1.84. The van der Waals surface area contributed by atoms with Crippen molar-refractivity contribution in [1.29, 1.82) is 0 Å². The number of piperidine rings is 1. The average molecular weight is 274 g/mol. The van der Waals surface area contributed by atoms with Crippen molar-refractivity contribution in [2.75, 3.05) is 13.1 Å². The Bertz CT molecular complexity index is 465. The van der Waals surface area contributed by atoms with E-state index in [1.54, 1.807) is 19.1 Å². The smallest absolute Gasteiger partial charge is 0.251 e. The van der Waals surface area contributed by atoms with Crippen molar-refractivity contribution in [3.8, 4) is 0 Å². The molecule has 0 radical (unpaired) electrons. The van der Waals surface area contributed by atoms with Crippen LogP contribution in [0.1, 0.15) is 37.0 Å². The molecule has 0 saturated carbocycles. The molecule has 4 heteroatoms. The van der Waals surface area contributed by atoms with Gasteiger partial charge in [-0.1, -0.05) is 25.1 Å². The Balaban J connectivity index is 1.89. The fourth-order valence-electron chi connectivity index (χ4n) is 2.43. The summed E-state index contributed by atoms with van der Waals surface area (Å²) in [5.74, 6) is 0.506. The first-order chi connectivity index (χ1) is 9.58. The molecule has 1 aliphatic heterocycles. The number of benzene rings is 1. The van der Waals surface area contributed by atoms with Crippen molar-refractivity contribution in [2.45, 2.75) is 32.7 Å². The summed E-state index contributed by atoms with van der Waals surface area (Å²) in [7, 11) is 0. The summed E-state index contributed by atoms with van der Waals surface area (Å²) in [5, 5.41) is 2.77. The first-order valence-electron chi connectivity index (χ1n) is 7.22. The van der Waals surface area contributed by atoms with E-state index >= 15 is 0 Å². The predicted octanol–water partition coefficient (Wildman–Crippen LogP) is 2.06. The molecule has 0 unspecified atom stereocenters. The van der Waals surface area contributed by atoms with Gasteiger partial charge in [0.2, 0.25) is 5.91 Å². The minimum atomic E-state index is -0.476. The molecule has 2 rings (SSSR count). The number of nitrogens with one attached hydrogen (secondary N) is 1. The highest BCUT2D eigenvalue weighted by Crippen LogP contribution is 2.16. The van der Waals surface area contributed by atoms with E-state index in [1.807, 2.05) is 23.1 Å². The van der Waals surface area contributed by atoms with Gasteiger partial charge in [-0.3, -0.25) is 9.59 Å². The fourth-order valence-corrected chi connectivity index (χ4v) is 2.43. The quantitative estimate of drug-likeness (QED) is 0.917. The number of amides is 2. The van der Waals surface area contributed by atoms with E-state index in [4.69, 9.17) is 0 Å². The molecule has 1 fully saturated rings. The van der Waals surface area contributed by atoms with Gasteiger partial charge in [0.05, 0.1) is 0 Å². The van der Waals surface area contributed by atoms with Gasteiger partial charge < -0.3 is 10.2 Å². The summed E-state index contributed by atoms with van der Waals surface area (Å²) in [6.45, 7) is 5.56. The third-order valence-electron chi connectivity index (χ3n) is 3.85. The van der Waals surface area contributed by atoms with Gasteiger partial charge in [0.15, 0.2) is 0 Å². The molecule has 1 saturated heterocycles. The third-order valence-corrected chi connectivity index (χ3v) is 3.85. The summed E-state index contributed by atoms with van der Waals surface area (Å²) in [6.07, 6.45) is 2.09. The maximum atomic E-state index is 12.3. The number of rotatable bonds is 3. The van der Waals surface area contributed by atoms with Crippen LogP contribution in [0.4, 0.5) is 0 Å². The van der Waals surface area contributed by atoms with Gasteiger partial charge >= 0.3 is 0 Å². The Kier molecular flexibility index (Phi) is 4.77. The predicted molar refractivity (Wildman–Crippen MR) is 78.3 cm³/mol. The van der Waals surface area contributed by atoms with Gasteiger partial charge in [-0.15, -0.1) is 0 Å². The largest absolute Gasteiger partial charge is 0.341 e. The zero-order valence-electron chi connectivity index (χ0n) is 12.1. The zero-order chi connectivity index (χ0) is 14.5. The first kappa shape index (κ1) is 14.6.